The molecule has 0 saturated carbocycles. The Morgan fingerprint density at radius 3 is 2.43 bits per heavy atom. The van der Waals surface area contributed by atoms with Gasteiger partial charge in [0.2, 0.25) is 0 Å². The van der Waals surface area contributed by atoms with Crippen molar-refractivity contribution in [2.45, 2.75) is 13.0 Å². The highest BCUT2D eigenvalue weighted by molar-refractivity contribution is 5.63. The molecule has 0 aliphatic carbocycles. The first-order chi connectivity index (χ1) is 11.4. The molecule has 1 aliphatic heterocycles. The van der Waals surface area contributed by atoms with E-state index in [0.717, 1.165) is 18.7 Å². The third kappa shape index (κ3) is 3.07. The van der Waals surface area contributed by atoms with Crippen LogP contribution in [0.25, 0.3) is 11.1 Å². The van der Waals surface area contributed by atoms with Crippen LogP contribution < -0.4 is 10.1 Å². The molecule has 3 aromatic carbocycles. The van der Waals surface area contributed by atoms with Crippen molar-refractivity contribution in [3.63, 3.8) is 0 Å². The Hall–Kier alpha value is -2.74. The molecule has 0 amide bonds. The summed E-state index contributed by atoms with van der Waals surface area (Å²) in [5, 5.41) is 3.37. The molecule has 0 radical (unpaired) electrons. The lowest BCUT2D eigenvalue weighted by Gasteiger charge is -2.09. The zero-order chi connectivity index (χ0) is 15.5. The highest BCUT2D eigenvalue weighted by atomic mass is 16.5. The van der Waals surface area contributed by atoms with Gasteiger partial charge in [0.1, 0.15) is 12.4 Å². The van der Waals surface area contributed by atoms with Crippen LogP contribution in [0.15, 0.2) is 72.8 Å². The van der Waals surface area contributed by atoms with Crippen LogP contribution in [-0.2, 0) is 13.0 Å². The second-order valence-electron chi connectivity index (χ2n) is 5.85. The van der Waals surface area contributed by atoms with Crippen LogP contribution in [0.4, 0.5) is 5.69 Å². The molecule has 0 spiro atoms. The number of benzene rings is 3. The van der Waals surface area contributed by atoms with E-state index in [1.54, 1.807) is 0 Å². The van der Waals surface area contributed by atoms with Crippen LogP contribution in [-0.4, -0.2) is 6.54 Å². The van der Waals surface area contributed by atoms with E-state index < -0.39 is 0 Å². The largest absolute Gasteiger partial charge is 0.489 e. The highest BCUT2D eigenvalue weighted by Crippen LogP contribution is 2.27. The molecule has 2 nitrogen and oxygen atoms in total. The molecule has 3 aromatic rings. The molecular weight excluding hydrogens is 282 g/mol. The molecule has 1 N–H and O–H groups in total. The monoisotopic (exact) mass is 301 g/mol. The maximum absolute atomic E-state index is 5.94. The highest BCUT2D eigenvalue weighted by Gasteiger charge is 2.10. The van der Waals surface area contributed by atoms with Gasteiger partial charge in [0.15, 0.2) is 0 Å². The fraction of sp³-hybridized carbons (Fsp3) is 0.143. The summed E-state index contributed by atoms with van der Waals surface area (Å²) < 4.78 is 5.94. The number of fused-ring (bicyclic) bond motifs is 1. The van der Waals surface area contributed by atoms with Crippen molar-refractivity contribution in [1.82, 2.24) is 0 Å². The lowest BCUT2D eigenvalue weighted by molar-refractivity contribution is 0.306. The summed E-state index contributed by atoms with van der Waals surface area (Å²) in [7, 11) is 0. The maximum Gasteiger partial charge on any atom is 0.120 e. The van der Waals surface area contributed by atoms with Crippen LogP contribution in [0, 0.1) is 0 Å². The van der Waals surface area contributed by atoms with Gasteiger partial charge in [-0.2, -0.15) is 0 Å². The smallest absolute Gasteiger partial charge is 0.120 e. The molecule has 0 aromatic heterocycles. The Labute approximate surface area is 136 Å². The van der Waals surface area contributed by atoms with Crippen molar-refractivity contribution >= 4 is 5.69 Å². The molecule has 2 heteroatoms. The Balaban J connectivity index is 1.43. The van der Waals surface area contributed by atoms with Gasteiger partial charge in [0.05, 0.1) is 0 Å². The normalized spacial score (nSPS) is 12.5. The van der Waals surface area contributed by atoms with E-state index >= 15 is 0 Å². The first kappa shape index (κ1) is 13.9. The van der Waals surface area contributed by atoms with Gasteiger partial charge in [0.25, 0.3) is 0 Å². The number of nitrogens with one attached hydrogen (secondary N) is 1. The van der Waals surface area contributed by atoms with Crippen LogP contribution in [0.5, 0.6) is 5.75 Å². The minimum absolute atomic E-state index is 0.598. The Morgan fingerprint density at radius 2 is 1.61 bits per heavy atom. The van der Waals surface area contributed by atoms with E-state index in [4.69, 9.17) is 4.74 Å². The number of anilines is 1. The zero-order valence-electron chi connectivity index (χ0n) is 13.0. The average Bonchev–Trinajstić information content (AvgIpc) is 3.09. The SMILES string of the molecule is c1ccc(-c2ccc(COc3ccc4c(c3)CCN4)cc2)cc1. The molecule has 0 fully saturated rings. The summed E-state index contributed by atoms with van der Waals surface area (Å²) in [4.78, 5) is 0. The molecule has 0 saturated heterocycles. The molecule has 23 heavy (non-hydrogen) atoms. The summed E-state index contributed by atoms with van der Waals surface area (Å²) >= 11 is 0. The van der Waals surface area contributed by atoms with Gasteiger partial charge in [-0.1, -0.05) is 54.6 Å². The third-order valence-electron chi connectivity index (χ3n) is 4.25. The Kier molecular flexibility index (Phi) is 3.73. The number of hydrogen-bond donors (Lipinski definition) is 1. The van der Waals surface area contributed by atoms with E-state index in [1.165, 1.54) is 27.9 Å². The van der Waals surface area contributed by atoms with Crippen LogP contribution in [0.1, 0.15) is 11.1 Å². The molecule has 0 unspecified atom stereocenters. The maximum atomic E-state index is 5.94. The molecule has 0 atom stereocenters. The van der Waals surface area contributed by atoms with Crippen molar-refractivity contribution in [3.8, 4) is 16.9 Å². The van der Waals surface area contributed by atoms with Gasteiger partial charge in [-0.3, -0.25) is 0 Å². The second kappa shape index (κ2) is 6.17. The third-order valence-corrected chi connectivity index (χ3v) is 4.25. The second-order valence-corrected chi connectivity index (χ2v) is 5.85. The van der Waals surface area contributed by atoms with Crippen LogP contribution >= 0.6 is 0 Å². The zero-order valence-corrected chi connectivity index (χ0v) is 13.0. The van der Waals surface area contributed by atoms with E-state index in [0.29, 0.717) is 6.61 Å². The summed E-state index contributed by atoms with van der Waals surface area (Å²) in [6.07, 6.45) is 1.08. The number of rotatable bonds is 4. The van der Waals surface area contributed by atoms with Crippen molar-refractivity contribution < 1.29 is 4.74 Å². The van der Waals surface area contributed by atoms with Gasteiger partial charge < -0.3 is 10.1 Å². The Bertz CT molecular complexity index is 794. The lowest BCUT2D eigenvalue weighted by Crippen LogP contribution is -1.96. The quantitative estimate of drug-likeness (QED) is 0.740. The topological polar surface area (TPSA) is 21.3 Å². The lowest BCUT2D eigenvalue weighted by atomic mass is 10.0. The van der Waals surface area contributed by atoms with E-state index in [1.807, 2.05) is 12.1 Å². The fourth-order valence-corrected chi connectivity index (χ4v) is 2.96. The average molecular weight is 301 g/mol. The molecule has 1 heterocycles. The predicted octanol–water partition coefficient (Wildman–Crippen LogP) is 4.90. The summed E-state index contributed by atoms with van der Waals surface area (Å²) in [5.41, 5.74) is 6.25. The first-order valence-electron chi connectivity index (χ1n) is 8.02. The molecular formula is C21H19NO. The van der Waals surface area contributed by atoms with Crippen molar-refractivity contribution in [2.75, 3.05) is 11.9 Å². The van der Waals surface area contributed by atoms with E-state index in [2.05, 4.69) is 66.0 Å². The molecule has 4 rings (SSSR count). The van der Waals surface area contributed by atoms with Gasteiger partial charge in [0, 0.05) is 12.2 Å². The minimum atomic E-state index is 0.598. The van der Waals surface area contributed by atoms with Crippen LogP contribution in [0.3, 0.4) is 0 Å². The number of hydrogen-bond acceptors (Lipinski definition) is 2. The predicted molar refractivity (Wildman–Crippen MR) is 94.8 cm³/mol. The van der Waals surface area contributed by atoms with E-state index in [-0.39, 0.29) is 0 Å². The molecule has 0 bridgehead atoms. The van der Waals surface area contributed by atoms with Gasteiger partial charge in [-0.05, 0) is 46.9 Å². The summed E-state index contributed by atoms with van der Waals surface area (Å²) in [6.45, 7) is 1.63. The first-order valence-corrected chi connectivity index (χ1v) is 8.02. The Morgan fingerprint density at radius 1 is 0.826 bits per heavy atom. The summed E-state index contributed by atoms with van der Waals surface area (Å²) in [5.74, 6) is 0.944. The number of ether oxygens (including phenoxy) is 1. The molecule has 1 aliphatic rings. The minimum Gasteiger partial charge on any atom is -0.489 e. The standard InChI is InChI=1S/C21H19NO/c1-2-4-17(5-3-1)18-8-6-16(7-9-18)15-23-20-10-11-21-19(14-20)12-13-22-21/h1-11,14,22H,12-13,15H2. The van der Waals surface area contributed by atoms with Crippen molar-refractivity contribution in [3.05, 3.63) is 83.9 Å². The van der Waals surface area contributed by atoms with Gasteiger partial charge >= 0.3 is 0 Å². The summed E-state index contributed by atoms with van der Waals surface area (Å²) in [6, 6.07) is 25.3. The molecule has 114 valence electrons. The fourth-order valence-electron chi connectivity index (χ4n) is 2.96. The van der Waals surface area contributed by atoms with Crippen LogP contribution in [0.2, 0.25) is 0 Å². The van der Waals surface area contributed by atoms with Crippen molar-refractivity contribution in [1.29, 1.82) is 0 Å². The van der Waals surface area contributed by atoms with Crippen molar-refractivity contribution in [2.24, 2.45) is 0 Å². The van der Waals surface area contributed by atoms with Gasteiger partial charge in [-0.25, -0.2) is 0 Å². The van der Waals surface area contributed by atoms with Gasteiger partial charge in [-0.15, -0.1) is 0 Å². The van der Waals surface area contributed by atoms with E-state index in [9.17, 15) is 0 Å².